The van der Waals surface area contributed by atoms with Gasteiger partial charge in [0.15, 0.2) is 6.04 Å². The predicted octanol–water partition coefficient (Wildman–Crippen LogP) is 3.37. The molecule has 0 saturated heterocycles. The molecule has 21 heteroatoms. The number of carbonyl (C=O) groups excluding carboxylic acids is 1. The van der Waals surface area contributed by atoms with Gasteiger partial charge in [0.1, 0.15) is 11.4 Å². The number of hydrogen-bond donors (Lipinski definition) is 3. The van der Waals surface area contributed by atoms with Crippen LogP contribution in [-0.2, 0) is 41.6 Å². The molecule has 1 unspecified atom stereocenters. The Morgan fingerprint density at radius 2 is 1.40 bits per heavy atom. The Balaban J connectivity index is 0.000000241. The van der Waals surface area contributed by atoms with E-state index >= 15 is 0 Å². The van der Waals surface area contributed by atoms with Crippen molar-refractivity contribution in [1.29, 1.82) is 0 Å². The topological polar surface area (TPSA) is 304 Å². The number of aliphatic imine (C=N–C) groups is 1. The molecule has 1 amide bonds. The third-order valence-corrected chi connectivity index (χ3v) is 9.23. The first kappa shape index (κ1) is 41.6. The number of primary sulfonamides is 2. The zero-order valence-corrected chi connectivity index (χ0v) is 31.1. The number of phenolic OH excluding ortho intramolecular Hbond substituents is 1. The molecule has 6 rings (SSSR count). The van der Waals surface area contributed by atoms with Crippen LogP contribution in [-0.4, -0.2) is 45.5 Å². The zero-order chi connectivity index (χ0) is 39.4. The van der Waals surface area contributed by atoms with Crippen LogP contribution in [0.1, 0.15) is 13.8 Å². The van der Waals surface area contributed by atoms with Gasteiger partial charge >= 0.3 is 16.8 Å². The second-order valence-electron chi connectivity index (χ2n) is 11.3. The molecular formula is C34H28CoN9O9S2. The van der Waals surface area contributed by atoms with E-state index in [1.807, 2.05) is 6.07 Å². The molecule has 0 spiro atoms. The molecule has 0 aromatic heterocycles. The molecule has 0 saturated carbocycles. The van der Waals surface area contributed by atoms with Gasteiger partial charge in [-0.1, -0.05) is 60.0 Å². The first-order chi connectivity index (χ1) is 25.4. The summed E-state index contributed by atoms with van der Waals surface area (Å²) >= 11 is 0. The summed E-state index contributed by atoms with van der Waals surface area (Å²) in [7, 11) is -8.00. The third-order valence-electron chi connectivity index (χ3n) is 7.41. The molecule has 284 valence electrons. The van der Waals surface area contributed by atoms with Crippen LogP contribution in [0.15, 0.2) is 137 Å². The number of aromatic hydroxyl groups is 1. The van der Waals surface area contributed by atoms with E-state index in [0.717, 1.165) is 36.4 Å². The summed E-state index contributed by atoms with van der Waals surface area (Å²) in [4.78, 5) is 15.9. The number of anilines is 1. The van der Waals surface area contributed by atoms with Gasteiger partial charge in [0.25, 0.3) is 5.91 Å². The Morgan fingerprint density at radius 1 is 0.782 bits per heavy atom. The minimum atomic E-state index is -4.04. The fourth-order valence-corrected chi connectivity index (χ4v) is 5.93. The second-order valence-corrected chi connectivity index (χ2v) is 14.5. The Hall–Kier alpha value is -6.10. The monoisotopic (exact) mass is 829 g/mol. The van der Waals surface area contributed by atoms with Crippen LogP contribution >= 0.6 is 0 Å². The minimum Gasteiger partial charge on any atom is -0.871 e. The first-order valence-corrected chi connectivity index (χ1v) is 18.4. The number of carbonyl (C=O) groups is 1. The number of amides is 1. The summed E-state index contributed by atoms with van der Waals surface area (Å²) in [5, 5.41) is 77.3. The van der Waals surface area contributed by atoms with Crippen molar-refractivity contribution in [2.24, 2.45) is 40.8 Å². The van der Waals surface area contributed by atoms with Crippen LogP contribution in [0.2, 0.25) is 0 Å². The van der Waals surface area contributed by atoms with E-state index in [1.54, 1.807) is 55.5 Å². The van der Waals surface area contributed by atoms with Crippen molar-refractivity contribution in [2.45, 2.75) is 29.7 Å². The maximum atomic E-state index is 12.5. The van der Waals surface area contributed by atoms with E-state index in [0.29, 0.717) is 22.2 Å². The fourth-order valence-electron chi connectivity index (χ4n) is 4.86. The van der Waals surface area contributed by atoms with Gasteiger partial charge in [0.2, 0.25) is 20.0 Å². The Bertz CT molecular complexity index is 2620. The normalized spacial score (nSPS) is 14.9. The van der Waals surface area contributed by atoms with E-state index in [-0.39, 0.29) is 55.1 Å². The Kier molecular flexibility index (Phi) is 12.8. The SMILES string of the molecule is CC([O-])=Nc1cccc2ccc([O-])c(N=Nc3cc(S(N)(=O)=O)ccc3[O-])c12.CC1=NN(c2ccccc2)C(=O)C1N=Nc1cc(S(N)(=O)=O)ccc1O.[Co+3]. The van der Waals surface area contributed by atoms with Crippen LogP contribution in [0.4, 0.5) is 28.4 Å². The van der Waals surface area contributed by atoms with Crippen molar-refractivity contribution < 1.29 is 58.8 Å². The predicted molar refractivity (Wildman–Crippen MR) is 192 cm³/mol. The average Bonchev–Trinajstić information content (AvgIpc) is 3.39. The third kappa shape index (κ3) is 9.91. The van der Waals surface area contributed by atoms with Crippen molar-refractivity contribution in [2.75, 3.05) is 5.01 Å². The van der Waals surface area contributed by atoms with Gasteiger partial charge in [-0.3, -0.25) is 9.79 Å². The number of nitrogens with two attached hydrogens (primary N) is 2. The van der Waals surface area contributed by atoms with Crippen molar-refractivity contribution in [3.8, 4) is 17.2 Å². The van der Waals surface area contributed by atoms with E-state index in [1.165, 1.54) is 18.0 Å². The number of rotatable bonds is 8. The van der Waals surface area contributed by atoms with Crippen LogP contribution in [0.3, 0.4) is 0 Å². The summed E-state index contributed by atoms with van der Waals surface area (Å²) in [6, 6.07) is 22.0. The molecule has 0 fully saturated rings. The van der Waals surface area contributed by atoms with Gasteiger partial charge in [-0.05, 0) is 73.7 Å². The standard InChI is InChI=1S/C18H16N4O5S.C16H15N5O4S.Co/c1-10(23)20-13-4-2-3-11-5-7-16(25)18(17(11)13)22-21-14-9-12(28(19,26)27)6-8-15(14)24;1-10-15(16(23)21(20-10)11-5-3-2-4-6-11)19-18-13-9-12(26(17,24)25)7-8-14(13)22;/h2-9,24-25H,1H3,(H,20,23)(H2,19,26,27);2-9,15,22H,1H3,(H2,17,24,25);/q;;+3/p-3. The van der Waals surface area contributed by atoms with Crippen LogP contribution < -0.4 is 30.6 Å². The zero-order valence-electron chi connectivity index (χ0n) is 28.5. The summed E-state index contributed by atoms with van der Waals surface area (Å²) in [5.41, 5.74) is 0.702. The number of benzene rings is 5. The summed E-state index contributed by atoms with van der Waals surface area (Å²) in [5.74, 6) is -2.26. The second kappa shape index (κ2) is 16.9. The van der Waals surface area contributed by atoms with Gasteiger partial charge < -0.3 is 20.4 Å². The fraction of sp³-hybridized carbons (Fsp3) is 0.0882. The van der Waals surface area contributed by atoms with E-state index in [2.05, 4.69) is 30.6 Å². The summed E-state index contributed by atoms with van der Waals surface area (Å²) in [6.45, 7) is 2.90. The molecule has 5 N–H and O–H groups in total. The quantitative estimate of drug-likeness (QED) is 0.117. The van der Waals surface area contributed by atoms with Crippen molar-refractivity contribution in [3.05, 3.63) is 97.1 Å². The van der Waals surface area contributed by atoms with Gasteiger partial charge in [-0.2, -0.15) is 30.6 Å². The maximum Gasteiger partial charge on any atom is 3.00 e. The number of phenols is 1. The Morgan fingerprint density at radius 3 is 2.04 bits per heavy atom. The number of sulfonamides is 2. The van der Waals surface area contributed by atoms with Gasteiger partial charge in [0.05, 0.1) is 38.3 Å². The Labute approximate surface area is 324 Å². The van der Waals surface area contributed by atoms with Crippen molar-refractivity contribution in [1.82, 2.24) is 0 Å². The molecule has 5 aromatic rings. The molecule has 18 nitrogen and oxygen atoms in total. The van der Waals surface area contributed by atoms with Gasteiger partial charge in [-0.15, -0.1) is 0 Å². The molecule has 0 aliphatic carbocycles. The summed E-state index contributed by atoms with van der Waals surface area (Å²) in [6.07, 6.45) is 0. The smallest absolute Gasteiger partial charge is 0.871 e. The number of hydrazone groups is 1. The molecule has 1 atom stereocenters. The van der Waals surface area contributed by atoms with Crippen LogP contribution in [0, 0.1) is 0 Å². The molecule has 55 heavy (non-hydrogen) atoms. The van der Waals surface area contributed by atoms with E-state index in [4.69, 9.17) is 10.3 Å². The molecule has 5 aromatic carbocycles. The van der Waals surface area contributed by atoms with Crippen LogP contribution in [0.25, 0.3) is 10.8 Å². The summed E-state index contributed by atoms with van der Waals surface area (Å²) < 4.78 is 45.7. The number of hydrogen-bond acceptors (Lipinski definition) is 15. The van der Waals surface area contributed by atoms with Crippen molar-refractivity contribution in [3.63, 3.8) is 0 Å². The van der Waals surface area contributed by atoms with Gasteiger partial charge in [0, 0.05) is 5.39 Å². The number of para-hydroxylation sites is 1. The van der Waals surface area contributed by atoms with E-state index in [9.17, 15) is 42.1 Å². The molecular weight excluding hydrogens is 801 g/mol. The molecule has 1 aliphatic rings. The molecule has 0 radical (unpaired) electrons. The molecule has 0 bridgehead atoms. The molecule has 1 aliphatic heterocycles. The number of fused-ring (bicyclic) bond motifs is 1. The number of azo groups is 2. The first-order valence-electron chi connectivity index (χ1n) is 15.4. The minimum absolute atomic E-state index is 0. The number of nitrogens with zero attached hydrogens (tertiary/aromatic N) is 7. The molecule has 1 heterocycles. The largest absolute Gasteiger partial charge is 3.00 e. The van der Waals surface area contributed by atoms with E-state index < -0.39 is 49.4 Å². The average molecular weight is 830 g/mol. The van der Waals surface area contributed by atoms with Crippen LogP contribution in [0.5, 0.6) is 17.2 Å². The van der Waals surface area contributed by atoms with Crippen molar-refractivity contribution >= 4 is 76.8 Å². The van der Waals surface area contributed by atoms with Gasteiger partial charge in [-0.25, -0.2) is 27.1 Å². The maximum absolute atomic E-state index is 12.5.